The predicted molar refractivity (Wildman–Crippen MR) is 81.7 cm³/mol. The molecule has 2 heterocycles. The Labute approximate surface area is 121 Å². The number of anilines is 1. The third kappa shape index (κ3) is 3.61. The molecular weight excluding hydrogens is 258 g/mol. The van der Waals surface area contributed by atoms with Gasteiger partial charge in [-0.1, -0.05) is 18.5 Å². The second-order valence-electron chi connectivity index (χ2n) is 5.49. The van der Waals surface area contributed by atoms with Crippen LogP contribution in [0.3, 0.4) is 0 Å². The molecule has 1 aromatic heterocycles. The third-order valence-corrected chi connectivity index (χ3v) is 4.48. The van der Waals surface area contributed by atoms with Gasteiger partial charge in [0.25, 0.3) is 0 Å². The summed E-state index contributed by atoms with van der Waals surface area (Å²) in [4.78, 5) is 7.13. The van der Waals surface area contributed by atoms with Crippen LogP contribution in [0.25, 0.3) is 0 Å². The van der Waals surface area contributed by atoms with Crippen molar-refractivity contribution in [2.75, 3.05) is 18.4 Å². The van der Waals surface area contributed by atoms with Crippen LogP contribution in [-0.4, -0.2) is 29.0 Å². The number of nitrogens with zero attached hydrogens (tertiary/aromatic N) is 2. The summed E-state index contributed by atoms with van der Waals surface area (Å²) in [6.07, 6.45) is 2.60. The molecule has 2 atom stereocenters. The number of likely N-dealkylation sites (tertiary alicyclic amines) is 1. The Morgan fingerprint density at radius 2 is 2.21 bits per heavy atom. The van der Waals surface area contributed by atoms with Crippen molar-refractivity contribution in [1.29, 1.82) is 0 Å². The third-order valence-electron chi connectivity index (χ3n) is 4.13. The second-order valence-corrected chi connectivity index (χ2v) is 5.89. The number of piperidine rings is 1. The lowest BCUT2D eigenvalue weighted by atomic mass is 9.92. The Morgan fingerprint density at radius 1 is 1.42 bits per heavy atom. The molecular formula is C15H24ClN3. The molecule has 0 aromatic carbocycles. The van der Waals surface area contributed by atoms with Crippen LogP contribution in [0.5, 0.6) is 0 Å². The van der Waals surface area contributed by atoms with E-state index in [0.29, 0.717) is 6.04 Å². The van der Waals surface area contributed by atoms with Crippen LogP contribution in [0.15, 0.2) is 12.1 Å². The Kier molecular flexibility index (Phi) is 5.06. The fourth-order valence-electron chi connectivity index (χ4n) is 2.71. The van der Waals surface area contributed by atoms with Crippen LogP contribution in [0, 0.1) is 5.92 Å². The zero-order valence-electron chi connectivity index (χ0n) is 12.1. The summed E-state index contributed by atoms with van der Waals surface area (Å²) in [5.41, 5.74) is 0.987. The van der Waals surface area contributed by atoms with E-state index in [1.165, 1.54) is 12.8 Å². The van der Waals surface area contributed by atoms with Crippen molar-refractivity contribution in [3.8, 4) is 0 Å². The molecule has 3 nitrogen and oxygen atoms in total. The number of rotatable bonds is 4. The molecule has 0 radical (unpaired) electrons. The van der Waals surface area contributed by atoms with Crippen LogP contribution in [-0.2, 0) is 6.54 Å². The number of nitrogens with one attached hydrogen (secondary N) is 1. The van der Waals surface area contributed by atoms with Gasteiger partial charge in [-0.3, -0.25) is 4.90 Å². The summed E-state index contributed by atoms with van der Waals surface area (Å²) in [7, 11) is 0. The van der Waals surface area contributed by atoms with Crippen molar-refractivity contribution >= 4 is 17.4 Å². The number of pyridine rings is 1. The van der Waals surface area contributed by atoms with Crippen LogP contribution in [0.4, 0.5) is 5.82 Å². The number of aromatic nitrogens is 1. The standard InChI is InChI=1S/C15H24ClN3/c1-4-17-15-8-7-13(16)14(18-15)10-19-9-5-6-11(2)12(19)3/h7-8,11-12H,4-6,9-10H2,1-3H3,(H,17,18). The van der Waals surface area contributed by atoms with Gasteiger partial charge < -0.3 is 5.32 Å². The van der Waals surface area contributed by atoms with Gasteiger partial charge in [0, 0.05) is 19.1 Å². The lowest BCUT2D eigenvalue weighted by molar-refractivity contribution is 0.105. The summed E-state index contributed by atoms with van der Waals surface area (Å²) in [5.74, 6) is 1.67. The lowest BCUT2D eigenvalue weighted by Crippen LogP contribution is -2.41. The maximum absolute atomic E-state index is 6.28. The molecule has 0 amide bonds. The fourth-order valence-corrected chi connectivity index (χ4v) is 2.88. The minimum atomic E-state index is 0.606. The maximum atomic E-state index is 6.28. The molecule has 0 aliphatic carbocycles. The molecule has 0 bridgehead atoms. The minimum absolute atomic E-state index is 0.606. The molecule has 19 heavy (non-hydrogen) atoms. The SMILES string of the molecule is CCNc1ccc(Cl)c(CN2CCCC(C)C2C)n1. The highest BCUT2D eigenvalue weighted by molar-refractivity contribution is 6.31. The molecule has 1 aliphatic rings. The van der Waals surface area contributed by atoms with E-state index in [1.807, 2.05) is 12.1 Å². The van der Waals surface area contributed by atoms with Gasteiger partial charge in [0.1, 0.15) is 5.82 Å². The molecule has 1 fully saturated rings. The Bertz CT molecular complexity index is 422. The monoisotopic (exact) mass is 281 g/mol. The average Bonchev–Trinajstić information content (AvgIpc) is 2.39. The second kappa shape index (κ2) is 6.58. The molecule has 0 saturated carbocycles. The lowest BCUT2D eigenvalue weighted by Gasteiger charge is -2.37. The Balaban J connectivity index is 2.11. The number of hydrogen-bond acceptors (Lipinski definition) is 3. The topological polar surface area (TPSA) is 28.2 Å². The first-order valence-electron chi connectivity index (χ1n) is 7.25. The summed E-state index contributed by atoms with van der Waals surface area (Å²) < 4.78 is 0. The first-order chi connectivity index (χ1) is 9.11. The van der Waals surface area contributed by atoms with Crippen molar-refractivity contribution in [1.82, 2.24) is 9.88 Å². The molecule has 1 aliphatic heterocycles. The molecule has 4 heteroatoms. The minimum Gasteiger partial charge on any atom is -0.370 e. The van der Waals surface area contributed by atoms with E-state index in [-0.39, 0.29) is 0 Å². The highest BCUT2D eigenvalue weighted by Gasteiger charge is 2.25. The van der Waals surface area contributed by atoms with Gasteiger partial charge in [-0.15, -0.1) is 0 Å². The number of hydrogen-bond donors (Lipinski definition) is 1. The number of halogens is 1. The van der Waals surface area contributed by atoms with Gasteiger partial charge >= 0.3 is 0 Å². The molecule has 1 aromatic rings. The molecule has 2 rings (SSSR count). The fraction of sp³-hybridized carbons (Fsp3) is 0.667. The van der Waals surface area contributed by atoms with Crippen LogP contribution >= 0.6 is 11.6 Å². The van der Waals surface area contributed by atoms with Gasteiger partial charge in [0.05, 0.1) is 10.7 Å². The van der Waals surface area contributed by atoms with Gasteiger partial charge in [0.2, 0.25) is 0 Å². The molecule has 1 saturated heterocycles. The summed E-state index contributed by atoms with van der Waals surface area (Å²) in [5, 5.41) is 4.01. The average molecular weight is 282 g/mol. The van der Waals surface area contributed by atoms with Crippen molar-refractivity contribution < 1.29 is 0 Å². The van der Waals surface area contributed by atoms with Crippen LogP contribution < -0.4 is 5.32 Å². The summed E-state index contributed by atoms with van der Waals surface area (Å²) in [6, 6.07) is 4.49. The Hall–Kier alpha value is -0.800. The quantitative estimate of drug-likeness (QED) is 0.910. The Morgan fingerprint density at radius 3 is 2.95 bits per heavy atom. The van der Waals surface area contributed by atoms with Crippen LogP contribution in [0.2, 0.25) is 5.02 Å². The van der Waals surface area contributed by atoms with E-state index in [1.54, 1.807) is 0 Å². The van der Waals surface area contributed by atoms with E-state index < -0.39 is 0 Å². The van der Waals surface area contributed by atoms with Crippen molar-refractivity contribution in [3.63, 3.8) is 0 Å². The van der Waals surface area contributed by atoms with Gasteiger partial charge in [-0.25, -0.2) is 4.98 Å². The first-order valence-corrected chi connectivity index (χ1v) is 7.63. The molecule has 106 valence electrons. The van der Waals surface area contributed by atoms with E-state index in [9.17, 15) is 0 Å². The van der Waals surface area contributed by atoms with Crippen molar-refractivity contribution in [2.45, 2.75) is 46.2 Å². The van der Waals surface area contributed by atoms with E-state index in [0.717, 1.165) is 42.1 Å². The van der Waals surface area contributed by atoms with E-state index >= 15 is 0 Å². The van der Waals surface area contributed by atoms with Crippen LogP contribution in [0.1, 0.15) is 39.3 Å². The maximum Gasteiger partial charge on any atom is 0.126 e. The molecule has 0 spiro atoms. The molecule has 2 unspecified atom stereocenters. The van der Waals surface area contributed by atoms with Crippen molar-refractivity contribution in [3.05, 3.63) is 22.8 Å². The zero-order valence-corrected chi connectivity index (χ0v) is 12.9. The zero-order chi connectivity index (χ0) is 13.8. The first kappa shape index (κ1) is 14.6. The van der Waals surface area contributed by atoms with Gasteiger partial charge in [0.15, 0.2) is 0 Å². The predicted octanol–water partition coefficient (Wildman–Crippen LogP) is 3.79. The van der Waals surface area contributed by atoms with Crippen molar-refractivity contribution in [2.24, 2.45) is 5.92 Å². The van der Waals surface area contributed by atoms with E-state index in [4.69, 9.17) is 11.6 Å². The highest BCUT2D eigenvalue weighted by atomic mass is 35.5. The smallest absolute Gasteiger partial charge is 0.126 e. The van der Waals surface area contributed by atoms with Gasteiger partial charge in [-0.2, -0.15) is 0 Å². The summed E-state index contributed by atoms with van der Waals surface area (Å²) >= 11 is 6.28. The van der Waals surface area contributed by atoms with E-state index in [2.05, 4.69) is 36.0 Å². The molecule has 1 N–H and O–H groups in total. The highest BCUT2D eigenvalue weighted by Crippen LogP contribution is 2.26. The largest absolute Gasteiger partial charge is 0.370 e. The van der Waals surface area contributed by atoms with Gasteiger partial charge in [-0.05, 0) is 51.3 Å². The summed E-state index contributed by atoms with van der Waals surface area (Å²) in [6.45, 7) is 9.60. The normalized spacial score (nSPS) is 24.4.